The van der Waals surface area contributed by atoms with Gasteiger partial charge < -0.3 is 9.64 Å². The SMILES string of the molecule is Cc1cc(N(C)CC(c2cccs2)N2CCOCC2)c2cccc([N+](=O)[O-])c2n1. The van der Waals surface area contributed by atoms with Crippen molar-refractivity contribution in [2.45, 2.75) is 13.0 Å². The first-order chi connectivity index (χ1) is 14.0. The van der Waals surface area contributed by atoms with Crippen LogP contribution in [0.5, 0.6) is 0 Å². The molecular formula is C21H24N4O3S. The molecule has 0 N–H and O–H groups in total. The van der Waals surface area contributed by atoms with Crippen LogP contribution in [-0.4, -0.2) is 54.7 Å². The third kappa shape index (κ3) is 4.10. The zero-order valence-corrected chi connectivity index (χ0v) is 17.4. The van der Waals surface area contributed by atoms with Crippen molar-refractivity contribution in [1.82, 2.24) is 9.88 Å². The summed E-state index contributed by atoms with van der Waals surface area (Å²) in [6.45, 7) is 5.95. The third-order valence-electron chi connectivity index (χ3n) is 5.34. The standard InChI is InChI=1S/C21H24N4O3S/c1-15-13-18(16-5-3-6-17(25(26)27)21(16)22-15)23(2)14-19(20-7-4-12-29-20)24-8-10-28-11-9-24/h3-7,12-13,19H,8-11,14H2,1-2H3. The molecule has 1 unspecified atom stereocenters. The Morgan fingerprint density at radius 3 is 2.79 bits per heavy atom. The molecule has 0 spiro atoms. The van der Waals surface area contributed by atoms with Crippen LogP contribution < -0.4 is 4.90 Å². The fourth-order valence-electron chi connectivity index (χ4n) is 3.92. The smallest absolute Gasteiger partial charge is 0.295 e. The van der Waals surface area contributed by atoms with Crippen molar-refractivity contribution < 1.29 is 9.66 Å². The predicted molar refractivity (Wildman–Crippen MR) is 116 cm³/mol. The maximum absolute atomic E-state index is 11.5. The first-order valence-corrected chi connectivity index (χ1v) is 10.5. The number of fused-ring (bicyclic) bond motifs is 1. The van der Waals surface area contributed by atoms with E-state index in [0.717, 1.165) is 49.6 Å². The highest BCUT2D eigenvalue weighted by Gasteiger charge is 2.26. The summed E-state index contributed by atoms with van der Waals surface area (Å²) in [5.41, 5.74) is 2.22. The van der Waals surface area contributed by atoms with Crippen molar-refractivity contribution in [1.29, 1.82) is 0 Å². The lowest BCUT2D eigenvalue weighted by Gasteiger charge is -2.37. The van der Waals surface area contributed by atoms with Gasteiger partial charge >= 0.3 is 0 Å². The molecule has 0 bridgehead atoms. The van der Waals surface area contributed by atoms with Crippen molar-refractivity contribution >= 4 is 33.6 Å². The largest absolute Gasteiger partial charge is 0.379 e. The van der Waals surface area contributed by atoms with Crippen molar-refractivity contribution in [2.24, 2.45) is 0 Å². The normalized spacial score (nSPS) is 16.1. The fraction of sp³-hybridized carbons (Fsp3) is 0.381. The van der Waals surface area contributed by atoms with E-state index in [-0.39, 0.29) is 16.7 Å². The average Bonchev–Trinajstić information content (AvgIpc) is 3.25. The van der Waals surface area contributed by atoms with E-state index >= 15 is 0 Å². The third-order valence-corrected chi connectivity index (χ3v) is 6.31. The molecule has 4 rings (SSSR count). The topological polar surface area (TPSA) is 71.7 Å². The lowest BCUT2D eigenvalue weighted by atomic mass is 10.1. The van der Waals surface area contributed by atoms with E-state index in [1.165, 1.54) is 10.9 Å². The Hall–Kier alpha value is -2.55. The number of ether oxygens (including phenoxy) is 1. The number of morpholine rings is 1. The van der Waals surface area contributed by atoms with Crippen LogP contribution in [0.2, 0.25) is 0 Å². The number of hydrogen-bond acceptors (Lipinski definition) is 7. The number of rotatable bonds is 6. The number of pyridine rings is 1. The highest BCUT2D eigenvalue weighted by Crippen LogP contribution is 2.34. The number of aromatic nitrogens is 1. The van der Waals surface area contributed by atoms with Gasteiger partial charge in [-0.1, -0.05) is 18.2 Å². The zero-order chi connectivity index (χ0) is 20.4. The Morgan fingerprint density at radius 2 is 2.10 bits per heavy atom. The van der Waals surface area contributed by atoms with Crippen LogP contribution in [0.4, 0.5) is 11.4 Å². The molecule has 0 amide bonds. The number of nitro groups is 1. The van der Waals surface area contributed by atoms with Gasteiger partial charge in [0, 0.05) is 54.4 Å². The lowest BCUT2D eigenvalue weighted by molar-refractivity contribution is -0.383. The van der Waals surface area contributed by atoms with Gasteiger partial charge in [-0.3, -0.25) is 15.0 Å². The molecule has 1 atom stereocenters. The van der Waals surface area contributed by atoms with Gasteiger partial charge in [0.1, 0.15) is 0 Å². The number of thiophene rings is 1. The predicted octanol–water partition coefficient (Wildman–Crippen LogP) is 4.02. The van der Waals surface area contributed by atoms with Crippen LogP contribution in [0.1, 0.15) is 16.6 Å². The molecule has 8 heteroatoms. The number of anilines is 1. The molecule has 1 aromatic carbocycles. The Morgan fingerprint density at radius 1 is 1.31 bits per heavy atom. The van der Waals surface area contributed by atoms with E-state index in [1.807, 2.05) is 26.1 Å². The lowest BCUT2D eigenvalue weighted by Crippen LogP contribution is -2.43. The molecule has 1 aliphatic heterocycles. The van der Waals surface area contributed by atoms with Gasteiger partial charge in [0.25, 0.3) is 5.69 Å². The number of benzene rings is 1. The molecule has 3 aromatic rings. The van der Waals surface area contributed by atoms with Gasteiger partial charge in [-0.25, -0.2) is 4.98 Å². The molecule has 1 aliphatic rings. The molecule has 0 aliphatic carbocycles. The van der Waals surface area contributed by atoms with Crippen molar-refractivity contribution in [3.05, 3.63) is 62.5 Å². The quantitative estimate of drug-likeness (QED) is 0.450. The average molecular weight is 413 g/mol. The van der Waals surface area contributed by atoms with Crippen molar-refractivity contribution in [2.75, 3.05) is 44.8 Å². The Bertz CT molecular complexity index is 1000. The van der Waals surface area contributed by atoms with Gasteiger partial charge in [0.05, 0.1) is 24.2 Å². The molecule has 7 nitrogen and oxygen atoms in total. The van der Waals surface area contributed by atoms with Crippen LogP contribution in [-0.2, 0) is 4.74 Å². The molecule has 0 radical (unpaired) electrons. The molecule has 0 saturated carbocycles. The van der Waals surface area contributed by atoms with Crippen molar-refractivity contribution in [3.8, 4) is 0 Å². The van der Waals surface area contributed by atoms with E-state index in [2.05, 4.69) is 32.3 Å². The number of likely N-dealkylation sites (N-methyl/N-ethyl adjacent to an activating group) is 1. The number of hydrogen-bond donors (Lipinski definition) is 0. The fourth-order valence-corrected chi connectivity index (χ4v) is 4.77. The number of aryl methyl sites for hydroxylation is 1. The van der Waals surface area contributed by atoms with E-state index < -0.39 is 0 Å². The van der Waals surface area contributed by atoms with Crippen LogP contribution in [0.3, 0.4) is 0 Å². The van der Waals surface area contributed by atoms with E-state index in [4.69, 9.17) is 4.74 Å². The summed E-state index contributed by atoms with van der Waals surface area (Å²) in [6.07, 6.45) is 0. The van der Waals surface area contributed by atoms with E-state index in [9.17, 15) is 10.1 Å². The first-order valence-electron chi connectivity index (χ1n) is 9.65. The molecule has 2 aromatic heterocycles. The summed E-state index contributed by atoms with van der Waals surface area (Å²) in [6, 6.07) is 11.7. The molecule has 1 saturated heterocycles. The minimum atomic E-state index is -0.360. The summed E-state index contributed by atoms with van der Waals surface area (Å²) in [5.74, 6) is 0. The summed E-state index contributed by atoms with van der Waals surface area (Å²) in [7, 11) is 2.05. The zero-order valence-electron chi connectivity index (χ0n) is 16.6. The Balaban J connectivity index is 1.71. The molecular weight excluding hydrogens is 388 g/mol. The van der Waals surface area contributed by atoms with Gasteiger partial charge in [-0.15, -0.1) is 11.3 Å². The highest BCUT2D eigenvalue weighted by atomic mass is 32.1. The van der Waals surface area contributed by atoms with Gasteiger partial charge in [-0.2, -0.15) is 0 Å². The van der Waals surface area contributed by atoms with Crippen molar-refractivity contribution in [3.63, 3.8) is 0 Å². The summed E-state index contributed by atoms with van der Waals surface area (Å²) in [5, 5.41) is 14.4. The molecule has 152 valence electrons. The van der Waals surface area contributed by atoms with Gasteiger partial charge in [-0.05, 0) is 24.4 Å². The first kappa shape index (κ1) is 19.8. The minimum absolute atomic E-state index is 0.0452. The maximum Gasteiger partial charge on any atom is 0.295 e. The van der Waals surface area contributed by atoms with E-state index in [1.54, 1.807) is 17.4 Å². The summed E-state index contributed by atoms with van der Waals surface area (Å²) < 4.78 is 5.54. The Labute approximate surface area is 173 Å². The number of nitro benzene ring substituents is 1. The molecule has 29 heavy (non-hydrogen) atoms. The van der Waals surface area contributed by atoms with E-state index in [0.29, 0.717) is 5.52 Å². The van der Waals surface area contributed by atoms with Crippen LogP contribution in [0.25, 0.3) is 10.9 Å². The summed E-state index contributed by atoms with van der Waals surface area (Å²) in [4.78, 5) is 21.6. The van der Waals surface area contributed by atoms with Crippen LogP contribution in [0, 0.1) is 17.0 Å². The highest BCUT2D eigenvalue weighted by molar-refractivity contribution is 7.10. The number of non-ortho nitro benzene ring substituents is 1. The second-order valence-electron chi connectivity index (χ2n) is 7.27. The monoisotopic (exact) mass is 412 g/mol. The molecule has 3 heterocycles. The van der Waals surface area contributed by atoms with Crippen LogP contribution >= 0.6 is 11.3 Å². The maximum atomic E-state index is 11.5. The second kappa shape index (κ2) is 8.44. The number of nitrogens with zero attached hydrogens (tertiary/aromatic N) is 4. The number of para-hydroxylation sites is 1. The van der Waals surface area contributed by atoms with Gasteiger partial charge in [0.2, 0.25) is 0 Å². The summed E-state index contributed by atoms with van der Waals surface area (Å²) >= 11 is 1.76. The minimum Gasteiger partial charge on any atom is -0.379 e. The van der Waals surface area contributed by atoms with Gasteiger partial charge in [0.15, 0.2) is 5.52 Å². The second-order valence-corrected chi connectivity index (χ2v) is 8.25. The molecule has 1 fully saturated rings. The van der Waals surface area contributed by atoms with Crippen LogP contribution in [0.15, 0.2) is 41.8 Å². The Kier molecular flexibility index (Phi) is 5.75.